The minimum absolute atomic E-state index is 0.0982. The Labute approximate surface area is 223 Å². The van der Waals surface area contributed by atoms with E-state index in [2.05, 4.69) is 32.6 Å². The molecule has 10 heteroatoms. The lowest BCUT2D eigenvalue weighted by Gasteiger charge is -2.35. The summed E-state index contributed by atoms with van der Waals surface area (Å²) < 4.78 is 12.1. The van der Waals surface area contributed by atoms with Crippen molar-refractivity contribution in [2.45, 2.75) is 25.3 Å². The molecule has 2 amide bonds. The van der Waals surface area contributed by atoms with Crippen molar-refractivity contribution in [2.24, 2.45) is 0 Å². The first kappa shape index (κ1) is 25.9. The van der Waals surface area contributed by atoms with Gasteiger partial charge in [0.05, 0.1) is 0 Å². The molecule has 1 saturated heterocycles. The number of halogens is 2. The zero-order chi connectivity index (χ0) is 25.5. The average molecular weight is 574 g/mol. The second-order valence-corrected chi connectivity index (χ2v) is 9.72. The molecule has 36 heavy (non-hydrogen) atoms. The third-order valence-electron chi connectivity index (χ3n) is 5.86. The number of hydrogen-bond acceptors (Lipinski definition) is 6. The summed E-state index contributed by atoms with van der Waals surface area (Å²) in [6.45, 7) is 4.20. The quantitative estimate of drug-likeness (QED) is 0.323. The van der Waals surface area contributed by atoms with E-state index in [1.54, 1.807) is 35.2 Å². The highest BCUT2D eigenvalue weighted by Crippen LogP contribution is 2.31. The third-order valence-corrected chi connectivity index (χ3v) is 6.64. The fraction of sp³-hybridized carbons (Fsp3) is 0.308. The van der Waals surface area contributed by atoms with Gasteiger partial charge in [-0.25, -0.2) is 0 Å². The first-order valence-electron chi connectivity index (χ1n) is 11.6. The van der Waals surface area contributed by atoms with Gasteiger partial charge in [0.15, 0.2) is 6.61 Å². The van der Waals surface area contributed by atoms with E-state index >= 15 is 0 Å². The molecule has 2 heterocycles. The van der Waals surface area contributed by atoms with Gasteiger partial charge >= 0.3 is 0 Å². The van der Waals surface area contributed by atoms with E-state index in [0.717, 1.165) is 22.9 Å². The summed E-state index contributed by atoms with van der Waals surface area (Å²) in [5, 5.41) is 4.70. The summed E-state index contributed by atoms with van der Waals surface area (Å²) in [5.41, 5.74) is 0.824. The van der Waals surface area contributed by atoms with Crippen LogP contribution in [0.25, 0.3) is 11.4 Å². The molecule has 1 aromatic heterocycles. The van der Waals surface area contributed by atoms with E-state index in [9.17, 15) is 9.59 Å². The minimum Gasteiger partial charge on any atom is -0.484 e. The van der Waals surface area contributed by atoms with E-state index in [0.29, 0.717) is 35.5 Å². The molecule has 1 atom stereocenters. The molecule has 0 saturated carbocycles. The monoisotopic (exact) mass is 572 g/mol. The van der Waals surface area contributed by atoms with Crippen LogP contribution in [0.3, 0.4) is 0 Å². The van der Waals surface area contributed by atoms with Gasteiger partial charge in [0, 0.05) is 28.1 Å². The first-order chi connectivity index (χ1) is 17.4. The smallest absolute Gasteiger partial charge is 0.261 e. The molecule has 0 N–H and O–H groups in total. The molecule has 1 aliphatic heterocycles. The van der Waals surface area contributed by atoms with E-state index in [1.807, 2.05) is 24.3 Å². The maximum absolute atomic E-state index is 13.3. The Morgan fingerprint density at radius 2 is 1.94 bits per heavy atom. The molecule has 4 rings (SSSR count). The van der Waals surface area contributed by atoms with Crippen LogP contribution >= 0.6 is 27.5 Å². The molecular formula is C26H26BrClN4O4. The molecule has 0 spiro atoms. The van der Waals surface area contributed by atoms with Gasteiger partial charge in [-0.15, -0.1) is 6.58 Å². The van der Waals surface area contributed by atoms with Gasteiger partial charge in [-0.2, -0.15) is 4.98 Å². The van der Waals surface area contributed by atoms with Crippen molar-refractivity contribution in [3.63, 3.8) is 0 Å². The Bertz CT molecular complexity index is 1200. The van der Waals surface area contributed by atoms with Crippen molar-refractivity contribution < 1.29 is 18.8 Å². The van der Waals surface area contributed by atoms with E-state index in [4.69, 9.17) is 20.9 Å². The normalized spacial score (nSPS) is 15.4. The van der Waals surface area contributed by atoms with Gasteiger partial charge in [0.2, 0.25) is 17.6 Å². The predicted molar refractivity (Wildman–Crippen MR) is 139 cm³/mol. The number of ether oxygens (including phenoxy) is 1. The van der Waals surface area contributed by atoms with Crippen LogP contribution < -0.4 is 4.74 Å². The van der Waals surface area contributed by atoms with Gasteiger partial charge in [-0.05, 0) is 67.8 Å². The van der Waals surface area contributed by atoms with Crippen LogP contribution in [0.1, 0.15) is 31.2 Å². The Morgan fingerprint density at radius 3 is 2.67 bits per heavy atom. The predicted octanol–water partition coefficient (Wildman–Crippen LogP) is 5.30. The zero-order valence-corrected chi connectivity index (χ0v) is 22.0. The van der Waals surface area contributed by atoms with Crippen molar-refractivity contribution in [1.82, 2.24) is 19.9 Å². The van der Waals surface area contributed by atoms with Gasteiger partial charge < -0.3 is 19.1 Å². The lowest BCUT2D eigenvalue weighted by molar-refractivity contribution is -0.143. The number of carbonyl (C=O) groups excluding carboxylic acids is 2. The summed E-state index contributed by atoms with van der Waals surface area (Å²) >= 11 is 9.31. The van der Waals surface area contributed by atoms with Crippen molar-refractivity contribution in [3.05, 3.63) is 76.6 Å². The van der Waals surface area contributed by atoms with Gasteiger partial charge in [0.1, 0.15) is 18.3 Å². The van der Waals surface area contributed by atoms with Gasteiger partial charge in [-0.3, -0.25) is 9.59 Å². The Balaban J connectivity index is 1.43. The van der Waals surface area contributed by atoms with Crippen LogP contribution in [0.15, 0.2) is 70.2 Å². The second kappa shape index (κ2) is 12.2. The molecule has 3 aromatic rings. The Morgan fingerprint density at radius 1 is 1.19 bits per heavy atom. The molecule has 1 aliphatic rings. The number of carbonyl (C=O) groups is 2. The summed E-state index contributed by atoms with van der Waals surface area (Å²) in [6, 6.07) is 14.0. The third kappa shape index (κ3) is 6.53. The summed E-state index contributed by atoms with van der Waals surface area (Å²) in [7, 11) is 0. The van der Waals surface area contributed by atoms with Crippen LogP contribution in [-0.2, 0) is 9.59 Å². The molecule has 0 bridgehead atoms. The number of rotatable bonds is 9. The maximum atomic E-state index is 13.3. The number of amides is 2. The maximum Gasteiger partial charge on any atom is 0.261 e. The number of likely N-dealkylation sites (tertiary alicyclic amines) is 1. The number of nitrogens with zero attached hydrogens (tertiary/aromatic N) is 4. The first-order valence-corrected chi connectivity index (χ1v) is 12.8. The lowest BCUT2D eigenvalue weighted by Crippen LogP contribution is -2.47. The van der Waals surface area contributed by atoms with Crippen molar-refractivity contribution >= 4 is 39.3 Å². The number of aromatic nitrogens is 2. The highest BCUT2D eigenvalue weighted by molar-refractivity contribution is 9.10. The molecule has 188 valence electrons. The van der Waals surface area contributed by atoms with Crippen molar-refractivity contribution in [1.29, 1.82) is 0 Å². The molecular weight excluding hydrogens is 548 g/mol. The van der Waals surface area contributed by atoms with Crippen LogP contribution in [-0.4, -0.2) is 58.0 Å². The molecule has 0 radical (unpaired) electrons. The Hall–Kier alpha value is -3.17. The van der Waals surface area contributed by atoms with Gasteiger partial charge in [0.25, 0.3) is 5.91 Å². The highest BCUT2D eigenvalue weighted by atomic mass is 79.9. The minimum atomic E-state index is -0.339. The fourth-order valence-electron chi connectivity index (χ4n) is 4.01. The Kier molecular flexibility index (Phi) is 8.77. The number of hydrogen-bond donors (Lipinski definition) is 0. The molecule has 8 nitrogen and oxygen atoms in total. The lowest BCUT2D eigenvalue weighted by atomic mass is 10.0. The zero-order valence-electron chi connectivity index (χ0n) is 19.6. The van der Waals surface area contributed by atoms with Crippen LogP contribution in [0.2, 0.25) is 5.02 Å². The second-order valence-electron chi connectivity index (χ2n) is 8.37. The number of piperidine rings is 1. The summed E-state index contributed by atoms with van der Waals surface area (Å²) in [6.07, 6.45) is 4.10. The van der Waals surface area contributed by atoms with Gasteiger partial charge in [-0.1, -0.05) is 38.8 Å². The van der Waals surface area contributed by atoms with E-state index in [1.165, 1.54) is 4.90 Å². The average Bonchev–Trinajstić information content (AvgIpc) is 3.38. The largest absolute Gasteiger partial charge is 0.484 e. The van der Waals surface area contributed by atoms with Crippen molar-refractivity contribution in [2.75, 3.05) is 26.2 Å². The topological polar surface area (TPSA) is 88.8 Å². The molecule has 1 unspecified atom stereocenters. The molecule has 2 aromatic carbocycles. The SMILES string of the molecule is C=CCN(CC(=O)N1CCCCC1c1nc(-c2ccc(Br)cc2)no1)C(=O)COc1ccc(Cl)cc1. The molecule has 0 aliphatic carbocycles. The summed E-state index contributed by atoms with van der Waals surface area (Å²) in [4.78, 5) is 33.9. The molecule has 1 fully saturated rings. The highest BCUT2D eigenvalue weighted by Gasteiger charge is 2.33. The van der Waals surface area contributed by atoms with Crippen LogP contribution in [0.5, 0.6) is 5.75 Å². The van der Waals surface area contributed by atoms with Crippen LogP contribution in [0.4, 0.5) is 0 Å². The van der Waals surface area contributed by atoms with Crippen molar-refractivity contribution in [3.8, 4) is 17.1 Å². The number of benzene rings is 2. The fourth-order valence-corrected chi connectivity index (χ4v) is 4.40. The van der Waals surface area contributed by atoms with E-state index in [-0.39, 0.29) is 37.6 Å². The summed E-state index contributed by atoms with van der Waals surface area (Å²) in [5.74, 6) is 0.880. The standard InChI is InChI=1S/C26H26BrClN4O4/c1-2-14-31(24(34)17-35-21-12-10-20(28)11-13-21)16-23(33)32-15-4-3-5-22(32)26-29-25(30-36-26)18-6-8-19(27)9-7-18/h2,6-13,22H,1,3-5,14-17H2. The van der Waals surface area contributed by atoms with Crippen LogP contribution in [0, 0.1) is 0 Å². The van der Waals surface area contributed by atoms with E-state index < -0.39 is 0 Å².